The molecule has 0 unspecified atom stereocenters. The van der Waals surface area contributed by atoms with Gasteiger partial charge in [-0.05, 0) is 18.4 Å². The molecule has 1 N–H and O–H groups in total. The standard InChI is InChI=1S/C8H12N2O/c1-10-6-7(5-9-10)4-8(11)2-3-8/h5-6,11H,2-4H2,1H3. The molecule has 0 amide bonds. The van der Waals surface area contributed by atoms with Gasteiger partial charge in [-0.3, -0.25) is 4.68 Å². The van der Waals surface area contributed by atoms with Crippen molar-refractivity contribution in [2.45, 2.75) is 24.9 Å². The fourth-order valence-corrected chi connectivity index (χ4v) is 1.26. The van der Waals surface area contributed by atoms with E-state index in [9.17, 15) is 5.11 Å². The van der Waals surface area contributed by atoms with Crippen molar-refractivity contribution in [2.75, 3.05) is 0 Å². The summed E-state index contributed by atoms with van der Waals surface area (Å²) in [6.45, 7) is 0. The molecule has 1 saturated carbocycles. The quantitative estimate of drug-likeness (QED) is 0.669. The van der Waals surface area contributed by atoms with Crippen LogP contribution >= 0.6 is 0 Å². The number of aromatic nitrogens is 2. The molecule has 0 spiro atoms. The summed E-state index contributed by atoms with van der Waals surface area (Å²) in [6, 6.07) is 0. The Morgan fingerprint density at radius 2 is 2.45 bits per heavy atom. The summed E-state index contributed by atoms with van der Waals surface area (Å²) < 4.78 is 1.76. The molecule has 1 aliphatic carbocycles. The highest BCUT2D eigenvalue weighted by atomic mass is 16.3. The van der Waals surface area contributed by atoms with E-state index in [2.05, 4.69) is 5.10 Å². The summed E-state index contributed by atoms with van der Waals surface area (Å²) in [4.78, 5) is 0. The van der Waals surface area contributed by atoms with E-state index < -0.39 is 0 Å². The molecule has 60 valence electrons. The summed E-state index contributed by atoms with van der Waals surface area (Å²) in [7, 11) is 1.89. The average molecular weight is 152 g/mol. The highest BCUT2D eigenvalue weighted by Gasteiger charge is 2.40. The molecule has 0 bridgehead atoms. The van der Waals surface area contributed by atoms with Gasteiger partial charge < -0.3 is 5.11 Å². The Morgan fingerprint density at radius 1 is 1.73 bits per heavy atom. The van der Waals surface area contributed by atoms with Crippen LogP contribution in [0.1, 0.15) is 18.4 Å². The van der Waals surface area contributed by atoms with Crippen molar-refractivity contribution in [1.82, 2.24) is 9.78 Å². The lowest BCUT2D eigenvalue weighted by atomic mass is 10.1. The van der Waals surface area contributed by atoms with E-state index in [0.717, 1.165) is 24.8 Å². The molecule has 0 aliphatic heterocycles. The highest BCUT2D eigenvalue weighted by molar-refractivity contribution is 5.12. The first-order valence-corrected chi connectivity index (χ1v) is 3.88. The molecular weight excluding hydrogens is 140 g/mol. The first-order chi connectivity index (χ1) is 5.18. The van der Waals surface area contributed by atoms with Crippen LogP contribution < -0.4 is 0 Å². The minimum Gasteiger partial charge on any atom is -0.390 e. The molecule has 1 aliphatic rings. The Balaban J connectivity index is 2.06. The molecule has 11 heavy (non-hydrogen) atoms. The number of aliphatic hydroxyl groups is 1. The van der Waals surface area contributed by atoms with Gasteiger partial charge in [0.15, 0.2) is 0 Å². The largest absolute Gasteiger partial charge is 0.390 e. The average Bonchev–Trinajstić information content (AvgIpc) is 2.49. The fourth-order valence-electron chi connectivity index (χ4n) is 1.26. The number of nitrogens with zero attached hydrogens (tertiary/aromatic N) is 2. The number of hydrogen-bond donors (Lipinski definition) is 1. The van der Waals surface area contributed by atoms with Gasteiger partial charge in [-0.15, -0.1) is 0 Å². The van der Waals surface area contributed by atoms with Crippen LogP contribution in [-0.2, 0) is 13.5 Å². The van der Waals surface area contributed by atoms with Crippen molar-refractivity contribution in [1.29, 1.82) is 0 Å². The molecule has 1 heterocycles. The lowest BCUT2D eigenvalue weighted by Crippen LogP contribution is -2.09. The van der Waals surface area contributed by atoms with Crippen molar-refractivity contribution in [3.8, 4) is 0 Å². The molecule has 1 aromatic heterocycles. The lowest BCUT2D eigenvalue weighted by molar-refractivity contribution is 0.151. The molecule has 0 saturated heterocycles. The summed E-state index contributed by atoms with van der Waals surface area (Å²) in [5, 5.41) is 13.6. The molecule has 2 rings (SSSR count). The zero-order valence-electron chi connectivity index (χ0n) is 6.62. The number of aryl methyl sites for hydroxylation is 1. The smallest absolute Gasteiger partial charge is 0.0691 e. The second-order valence-electron chi connectivity index (χ2n) is 3.42. The highest BCUT2D eigenvalue weighted by Crippen LogP contribution is 2.37. The fraction of sp³-hybridized carbons (Fsp3) is 0.625. The second kappa shape index (κ2) is 2.08. The van der Waals surface area contributed by atoms with Crippen molar-refractivity contribution in [2.24, 2.45) is 7.05 Å². The minimum absolute atomic E-state index is 0.386. The Morgan fingerprint density at radius 3 is 2.91 bits per heavy atom. The first kappa shape index (κ1) is 6.85. The van der Waals surface area contributed by atoms with Crippen LogP contribution in [-0.4, -0.2) is 20.5 Å². The van der Waals surface area contributed by atoms with Crippen molar-refractivity contribution in [3.05, 3.63) is 18.0 Å². The van der Waals surface area contributed by atoms with E-state index in [0.29, 0.717) is 0 Å². The van der Waals surface area contributed by atoms with E-state index in [-0.39, 0.29) is 5.60 Å². The Bertz CT molecular complexity index is 263. The van der Waals surface area contributed by atoms with Crippen LogP contribution in [0.2, 0.25) is 0 Å². The van der Waals surface area contributed by atoms with Crippen LogP contribution in [0.4, 0.5) is 0 Å². The van der Waals surface area contributed by atoms with Crippen LogP contribution in [0.3, 0.4) is 0 Å². The number of rotatable bonds is 2. The van der Waals surface area contributed by atoms with E-state index in [1.807, 2.05) is 19.4 Å². The molecular formula is C8H12N2O. The molecule has 3 heteroatoms. The van der Waals surface area contributed by atoms with Gasteiger partial charge in [-0.2, -0.15) is 5.10 Å². The predicted molar refractivity (Wildman–Crippen MR) is 41.1 cm³/mol. The van der Waals surface area contributed by atoms with Crippen LogP contribution in [0, 0.1) is 0 Å². The monoisotopic (exact) mass is 152 g/mol. The molecule has 0 aromatic carbocycles. The SMILES string of the molecule is Cn1cc(CC2(O)CC2)cn1. The summed E-state index contributed by atoms with van der Waals surface area (Å²) in [5.41, 5.74) is 0.746. The third-order valence-corrected chi connectivity index (χ3v) is 2.12. The summed E-state index contributed by atoms with van der Waals surface area (Å²) >= 11 is 0. The maximum atomic E-state index is 9.55. The van der Waals surface area contributed by atoms with Crippen molar-refractivity contribution < 1.29 is 5.11 Å². The van der Waals surface area contributed by atoms with E-state index in [4.69, 9.17) is 0 Å². The maximum absolute atomic E-state index is 9.55. The third-order valence-electron chi connectivity index (χ3n) is 2.12. The van der Waals surface area contributed by atoms with Gasteiger partial charge in [-0.25, -0.2) is 0 Å². The lowest BCUT2D eigenvalue weighted by Gasteiger charge is -2.02. The zero-order chi connectivity index (χ0) is 7.90. The Labute approximate surface area is 65.7 Å². The topological polar surface area (TPSA) is 38.0 Å². The van der Waals surface area contributed by atoms with Gasteiger partial charge in [0.25, 0.3) is 0 Å². The van der Waals surface area contributed by atoms with Gasteiger partial charge in [0.2, 0.25) is 0 Å². The van der Waals surface area contributed by atoms with Crippen molar-refractivity contribution >= 4 is 0 Å². The molecule has 1 aromatic rings. The summed E-state index contributed by atoms with van der Waals surface area (Å²) in [6.07, 6.45) is 6.43. The molecule has 0 atom stereocenters. The minimum atomic E-state index is -0.386. The van der Waals surface area contributed by atoms with Gasteiger partial charge in [0.1, 0.15) is 0 Å². The van der Waals surface area contributed by atoms with Crippen LogP contribution in [0.25, 0.3) is 0 Å². The molecule has 3 nitrogen and oxygen atoms in total. The van der Waals surface area contributed by atoms with E-state index in [1.165, 1.54) is 0 Å². The number of hydrogen-bond acceptors (Lipinski definition) is 2. The van der Waals surface area contributed by atoms with Crippen LogP contribution in [0.5, 0.6) is 0 Å². The summed E-state index contributed by atoms with van der Waals surface area (Å²) in [5.74, 6) is 0. The maximum Gasteiger partial charge on any atom is 0.0691 e. The van der Waals surface area contributed by atoms with E-state index in [1.54, 1.807) is 4.68 Å². The van der Waals surface area contributed by atoms with Crippen LogP contribution in [0.15, 0.2) is 12.4 Å². The predicted octanol–water partition coefficient (Wildman–Crippen LogP) is 0.487. The zero-order valence-corrected chi connectivity index (χ0v) is 6.62. The Kier molecular flexibility index (Phi) is 1.29. The van der Waals surface area contributed by atoms with Gasteiger partial charge >= 0.3 is 0 Å². The first-order valence-electron chi connectivity index (χ1n) is 3.88. The third kappa shape index (κ3) is 1.43. The van der Waals surface area contributed by atoms with E-state index >= 15 is 0 Å². The normalized spacial score (nSPS) is 20.2. The molecule has 1 fully saturated rings. The molecule has 0 radical (unpaired) electrons. The second-order valence-corrected chi connectivity index (χ2v) is 3.42. The van der Waals surface area contributed by atoms with Crippen molar-refractivity contribution in [3.63, 3.8) is 0 Å². The van der Waals surface area contributed by atoms with Gasteiger partial charge in [0, 0.05) is 19.7 Å². The van der Waals surface area contributed by atoms with Gasteiger partial charge in [0.05, 0.1) is 11.8 Å². The van der Waals surface area contributed by atoms with Gasteiger partial charge in [-0.1, -0.05) is 0 Å². The Hall–Kier alpha value is -0.830.